The zero-order valence-electron chi connectivity index (χ0n) is 8.74. The summed E-state index contributed by atoms with van der Waals surface area (Å²) in [4.78, 5) is 0. The van der Waals surface area contributed by atoms with Crippen LogP contribution in [0, 0.1) is 6.92 Å². The van der Waals surface area contributed by atoms with Gasteiger partial charge >= 0.3 is 0 Å². The topological polar surface area (TPSA) is 55.9 Å². The molecule has 0 aliphatic carbocycles. The van der Waals surface area contributed by atoms with E-state index in [9.17, 15) is 0 Å². The van der Waals surface area contributed by atoms with Crippen LogP contribution in [0.4, 0.5) is 0 Å². The van der Waals surface area contributed by atoms with Crippen molar-refractivity contribution in [1.82, 2.24) is 20.3 Å². The molecule has 0 bridgehead atoms. The van der Waals surface area contributed by atoms with Gasteiger partial charge in [-0.25, -0.2) is 0 Å². The Labute approximate surface area is 87.1 Å². The van der Waals surface area contributed by atoms with Gasteiger partial charge in [-0.3, -0.25) is 4.68 Å². The monoisotopic (exact) mass is 204 g/mol. The molecule has 3 heterocycles. The summed E-state index contributed by atoms with van der Waals surface area (Å²) in [5, 5.41) is 11.5. The van der Waals surface area contributed by atoms with E-state index >= 15 is 0 Å². The molecule has 1 aliphatic heterocycles. The minimum atomic E-state index is 0.804. The van der Waals surface area contributed by atoms with Crippen molar-refractivity contribution in [2.75, 3.05) is 0 Å². The third kappa shape index (κ3) is 1.13. The van der Waals surface area contributed by atoms with Crippen molar-refractivity contribution in [2.45, 2.75) is 20.0 Å². The largest absolute Gasteiger partial charge is 0.355 e. The molecule has 0 saturated heterocycles. The third-order valence-corrected chi connectivity index (χ3v) is 2.94. The number of aromatic nitrogens is 3. The predicted octanol–water partition coefficient (Wildman–Crippen LogP) is 0.987. The van der Waals surface area contributed by atoms with Crippen LogP contribution in [-0.4, -0.2) is 14.9 Å². The Morgan fingerprint density at radius 1 is 1.47 bits per heavy atom. The maximum atomic E-state index is 5.37. The second-order valence-corrected chi connectivity index (χ2v) is 3.81. The lowest BCUT2D eigenvalue weighted by Gasteiger charge is -1.97. The molecule has 0 amide bonds. The molecule has 0 saturated carbocycles. The van der Waals surface area contributed by atoms with Gasteiger partial charge in [0.2, 0.25) is 0 Å². The fourth-order valence-corrected chi connectivity index (χ4v) is 1.90. The highest BCUT2D eigenvalue weighted by Crippen LogP contribution is 2.30. The molecule has 5 heteroatoms. The van der Waals surface area contributed by atoms with Crippen LogP contribution < -0.4 is 5.32 Å². The molecule has 0 spiro atoms. The summed E-state index contributed by atoms with van der Waals surface area (Å²) in [6, 6.07) is 0. The maximum absolute atomic E-state index is 5.37. The van der Waals surface area contributed by atoms with E-state index in [-0.39, 0.29) is 0 Å². The second-order valence-electron chi connectivity index (χ2n) is 3.81. The van der Waals surface area contributed by atoms with Gasteiger partial charge in [-0.05, 0) is 6.92 Å². The first kappa shape index (κ1) is 8.67. The fraction of sp³-hybridized carbons (Fsp3) is 0.400. The number of hydrogen-bond acceptors (Lipinski definition) is 4. The molecule has 0 radical (unpaired) electrons. The predicted molar refractivity (Wildman–Crippen MR) is 54.0 cm³/mol. The number of hydrogen-bond donors (Lipinski definition) is 1. The lowest BCUT2D eigenvalue weighted by Crippen LogP contribution is -2.02. The third-order valence-electron chi connectivity index (χ3n) is 2.94. The van der Waals surface area contributed by atoms with Crippen LogP contribution in [0.2, 0.25) is 0 Å². The summed E-state index contributed by atoms with van der Waals surface area (Å²) in [6.07, 6.45) is 1.83. The Balaban J connectivity index is 2.17. The van der Waals surface area contributed by atoms with E-state index in [1.54, 1.807) is 0 Å². The van der Waals surface area contributed by atoms with E-state index < -0.39 is 0 Å². The van der Waals surface area contributed by atoms with Gasteiger partial charge in [0.25, 0.3) is 0 Å². The lowest BCUT2D eigenvalue weighted by molar-refractivity contribution is 0.417. The highest BCUT2D eigenvalue weighted by atomic mass is 16.5. The van der Waals surface area contributed by atoms with Crippen molar-refractivity contribution in [2.24, 2.45) is 7.05 Å². The Hall–Kier alpha value is -1.62. The number of fused-ring (bicyclic) bond motifs is 1. The summed E-state index contributed by atoms with van der Waals surface area (Å²) in [5.41, 5.74) is 4.33. The number of nitrogens with one attached hydrogen (secondary N) is 1. The number of nitrogens with zero attached hydrogens (tertiary/aromatic N) is 3. The van der Waals surface area contributed by atoms with Crippen molar-refractivity contribution < 1.29 is 4.52 Å². The van der Waals surface area contributed by atoms with Crippen molar-refractivity contribution >= 4 is 0 Å². The lowest BCUT2D eigenvalue weighted by atomic mass is 10.1. The summed E-state index contributed by atoms with van der Waals surface area (Å²) in [6.45, 7) is 3.67. The van der Waals surface area contributed by atoms with E-state index in [1.165, 1.54) is 5.56 Å². The Kier molecular flexibility index (Phi) is 1.70. The first-order valence-electron chi connectivity index (χ1n) is 4.94. The molecule has 5 nitrogen and oxygen atoms in total. The SMILES string of the molecule is Cc1c(-c2onc3c2CNC3)cnn1C. The number of aryl methyl sites for hydroxylation is 1. The van der Waals surface area contributed by atoms with Crippen molar-refractivity contribution in [3.05, 3.63) is 23.1 Å². The van der Waals surface area contributed by atoms with E-state index in [1.807, 2.05) is 24.9 Å². The van der Waals surface area contributed by atoms with Crippen LogP contribution in [0.3, 0.4) is 0 Å². The van der Waals surface area contributed by atoms with Crippen molar-refractivity contribution in [1.29, 1.82) is 0 Å². The standard InChI is InChI=1S/C10H12N4O/c1-6-7(4-12-14(6)2)10-8-3-11-5-9(8)13-15-10/h4,11H,3,5H2,1-2H3. The van der Waals surface area contributed by atoms with Crippen LogP contribution in [0.15, 0.2) is 10.7 Å². The van der Waals surface area contributed by atoms with Gasteiger partial charge in [-0.15, -0.1) is 0 Å². The zero-order chi connectivity index (χ0) is 10.4. The summed E-state index contributed by atoms with van der Waals surface area (Å²) >= 11 is 0. The van der Waals surface area contributed by atoms with Gasteiger partial charge in [0.05, 0.1) is 11.8 Å². The quantitative estimate of drug-likeness (QED) is 0.752. The van der Waals surface area contributed by atoms with Crippen LogP contribution in [-0.2, 0) is 20.1 Å². The van der Waals surface area contributed by atoms with Gasteiger partial charge in [-0.2, -0.15) is 5.10 Å². The molecular weight excluding hydrogens is 192 g/mol. The molecule has 0 atom stereocenters. The normalized spacial score (nSPS) is 14.5. The molecule has 1 aliphatic rings. The molecule has 2 aromatic heterocycles. The Morgan fingerprint density at radius 2 is 2.33 bits per heavy atom. The molecule has 1 N–H and O–H groups in total. The molecule has 0 aromatic carbocycles. The molecular formula is C10H12N4O. The van der Waals surface area contributed by atoms with E-state index in [0.29, 0.717) is 0 Å². The molecule has 0 fully saturated rings. The summed E-state index contributed by atoms with van der Waals surface area (Å²) in [5.74, 6) is 0.862. The average Bonchev–Trinajstić information content (AvgIpc) is 2.85. The molecule has 0 unspecified atom stereocenters. The Morgan fingerprint density at radius 3 is 3.07 bits per heavy atom. The first-order valence-corrected chi connectivity index (χ1v) is 4.94. The molecule has 78 valence electrons. The van der Waals surface area contributed by atoms with Gasteiger partial charge < -0.3 is 9.84 Å². The fourth-order valence-electron chi connectivity index (χ4n) is 1.90. The van der Waals surface area contributed by atoms with Gasteiger partial charge in [0.15, 0.2) is 5.76 Å². The van der Waals surface area contributed by atoms with Gasteiger partial charge in [0.1, 0.15) is 5.69 Å². The maximum Gasteiger partial charge on any atom is 0.175 e. The minimum absolute atomic E-state index is 0.804. The van der Waals surface area contributed by atoms with Crippen LogP contribution in [0.25, 0.3) is 11.3 Å². The van der Waals surface area contributed by atoms with E-state index in [2.05, 4.69) is 15.6 Å². The van der Waals surface area contributed by atoms with Gasteiger partial charge in [-0.1, -0.05) is 5.16 Å². The zero-order valence-corrected chi connectivity index (χ0v) is 8.74. The summed E-state index contributed by atoms with van der Waals surface area (Å²) < 4.78 is 7.21. The van der Waals surface area contributed by atoms with Crippen molar-refractivity contribution in [3.63, 3.8) is 0 Å². The van der Waals surface area contributed by atoms with E-state index in [0.717, 1.165) is 35.8 Å². The minimum Gasteiger partial charge on any atom is -0.355 e. The number of rotatable bonds is 1. The average molecular weight is 204 g/mol. The van der Waals surface area contributed by atoms with Gasteiger partial charge in [0, 0.05) is 31.4 Å². The van der Waals surface area contributed by atoms with Crippen LogP contribution in [0.5, 0.6) is 0 Å². The molecule has 15 heavy (non-hydrogen) atoms. The van der Waals surface area contributed by atoms with Crippen molar-refractivity contribution in [3.8, 4) is 11.3 Å². The van der Waals surface area contributed by atoms with E-state index in [4.69, 9.17) is 4.52 Å². The smallest absolute Gasteiger partial charge is 0.175 e. The van der Waals surface area contributed by atoms with Crippen LogP contribution >= 0.6 is 0 Å². The highest BCUT2D eigenvalue weighted by Gasteiger charge is 2.23. The van der Waals surface area contributed by atoms with Crippen LogP contribution in [0.1, 0.15) is 17.0 Å². The Bertz CT molecular complexity index is 511. The summed E-state index contributed by atoms with van der Waals surface area (Å²) in [7, 11) is 1.92. The highest BCUT2D eigenvalue weighted by molar-refractivity contribution is 5.64. The first-order chi connectivity index (χ1) is 7.27. The molecule has 3 rings (SSSR count). The molecule has 2 aromatic rings. The second kappa shape index (κ2) is 2.93.